The van der Waals surface area contributed by atoms with Crippen molar-refractivity contribution in [2.75, 3.05) is 0 Å². The van der Waals surface area contributed by atoms with Crippen molar-refractivity contribution < 1.29 is 8.83 Å². The molecule has 0 atom stereocenters. The maximum atomic E-state index is 6.29. The van der Waals surface area contributed by atoms with Crippen LogP contribution in [0.25, 0.3) is 183 Å². The number of benzene rings is 13. The highest BCUT2D eigenvalue weighted by molar-refractivity contribution is 6.29. The van der Waals surface area contributed by atoms with Gasteiger partial charge in [0, 0.05) is 87.8 Å². The molecule has 0 N–H and O–H groups in total. The van der Waals surface area contributed by atoms with E-state index in [2.05, 4.69) is 264 Å². The summed E-state index contributed by atoms with van der Waals surface area (Å²) in [5.41, 5.74) is 24.3. The van der Waals surface area contributed by atoms with E-state index in [-0.39, 0.29) is 5.41 Å². The summed E-state index contributed by atoms with van der Waals surface area (Å²) in [6, 6.07) is 109. The van der Waals surface area contributed by atoms with E-state index < -0.39 is 0 Å². The second-order valence-corrected chi connectivity index (χ2v) is 26.0. The summed E-state index contributed by atoms with van der Waals surface area (Å²) in [4.78, 5) is 20.2. The van der Waals surface area contributed by atoms with Gasteiger partial charge in [-0.2, -0.15) is 9.97 Å². The fourth-order valence-electron chi connectivity index (χ4n) is 15.8. The Bertz CT molecular complexity index is 6620. The summed E-state index contributed by atoms with van der Waals surface area (Å²) in [7, 11) is 0. The van der Waals surface area contributed by atoms with Crippen molar-refractivity contribution in [3.05, 3.63) is 321 Å². The summed E-state index contributed by atoms with van der Waals surface area (Å²) < 4.78 is 19.7. The van der Waals surface area contributed by atoms with Crippen LogP contribution < -0.4 is 0 Å². The molecule has 0 amide bonds. The monoisotopic (exact) mass is 1260 g/mol. The van der Waals surface area contributed by atoms with Crippen molar-refractivity contribution >= 4 is 110 Å². The molecule has 21 rings (SSSR count). The fraction of sp³-hybridized carbons (Fsp3) is 0.0337. The normalized spacial score (nSPS) is 12.7. The smallest absolute Gasteiger partial charge is 0.231 e. The van der Waals surface area contributed by atoms with Crippen LogP contribution in [-0.2, 0) is 5.41 Å². The molecule has 7 heterocycles. The molecule has 0 spiro atoms. The molecule has 20 aromatic rings. The first kappa shape index (κ1) is 55.5. The molecule has 9 heteroatoms. The summed E-state index contributed by atoms with van der Waals surface area (Å²) in [5, 5.41) is 11.5. The van der Waals surface area contributed by atoms with E-state index in [9.17, 15) is 0 Å². The van der Waals surface area contributed by atoms with Gasteiger partial charge in [-0.05, 0) is 131 Å². The Morgan fingerprint density at radius 2 is 0.633 bits per heavy atom. The van der Waals surface area contributed by atoms with E-state index in [0.29, 0.717) is 23.1 Å². The topological polar surface area (TPSA) is 92.6 Å². The minimum absolute atomic E-state index is 0.0511. The van der Waals surface area contributed by atoms with Gasteiger partial charge in [0.15, 0.2) is 11.6 Å². The van der Waals surface area contributed by atoms with Crippen molar-refractivity contribution in [1.29, 1.82) is 0 Å². The molecule has 7 aromatic heterocycles. The van der Waals surface area contributed by atoms with Crippen LogP contribution in [0.1, 0.15) is 25.0 Å². The second kappa shape index (κ2) is 21.5. The molecule has 0 fully saturated rings. The van der Waals surface area contributed by atoms with E-state index in [0.717, 1.165) is 88.9 Å². The maximum Gasteiger partial charge on any atom is 0.231 e. The minimum atomic E-state index is -0.0511. The molecule has 0 saturated carbocycles. The second-order valence-electron chi connectivity index (χ2n) is 26.0. The predicted molar refractivity (Wildman–Crippen MR) is 401 cm³/mol. The SMILES string of the molecule is CC1(C)c2ccccc2-c2c1ccc1c2c2ccccc2n1-c1ccc(-c2nc(-c3ccccc3)c3c(n2)oc2ccccc23)cc1.c1ccc(-c2nc(-c3ccc(-n4c5ccccc5c5c6c7ccccc7n(-c7ccccc7)c6ccc54)cc3)nc3oc4ccccc4c23)cc1. The van der Waals surface area contributed by atoms with Crippen molar-refractivity contribution in [2.24, 2.45) is 0 Å². The quantitative estimate of drug-likeness (QED) is 0.158. The van der Waals surface area contributed by atoms with Crippen molar-refractivity contribution in [3.8, 4) is 73.5 Å². The molecule has 0 unspecified atom stereocenters. The number of nitrogens with zero attached hydrogens (tertiary/aromatic N) is 7. The van der Waals surface area contributed by atoms with Crippen molar-refractivity contribution in [3.63, 3.8) is 0 Å². The average Bonchev–Trinajstić information content (AvgIpc) is 1.55. The van der Waals surface area contributed by atoms with Crippen molar-refractivity contribution in [2.45, 2.75) is 19.3 Å². The third-order valence-electron chi connectivity index (χ3n) is 20.2. The Labute approximate surface area is 562 Å². The van der Waals surface area contributed by atoms with E-state index in [4.69, 9.17) is 28.8 Å². The zero-order valence-electron chi connectivity index (χ0n) is 53.4. The van der Waals surface area contributed by atoms with Gasteiger partial charge in [-0.25, -0.2) is 9.97 Å². The molecule has 9 nitrogen and oxygen atoms in total. The minimum Gasteiger partial charge on any atom is -0.438 e. The lowest BCUT2D eigenvalue weighted by Crippen LogP contribution is -2.14. The maximum absolute atomic E-state index is 6.29. The summed E-state index contributed by atoms with van der Waals surface area (Å²) in [5.74, 6) is 1.27. The number of hydrogen-bond acceptors (Lipinski definition) is 6. The van der Waals surface area contributed by atoms with Gasteiger partial charge in [0.2, 0.25) is 11.4 Å². The van der Waals surface area contributed by atoms with E-state index in [1.807, 2.05) is 72.8 Å². The van der Waals surface area contributed by atoms with Gasteiger partial charge >= 0.3 is 0 Å². The van der Waals surface area contributed by atoms with Crippen LogP contribution in [0.4, 0.5) is 0 Å². The lowest BCUT2D eigenvalue weighted by molar-refractivity contribution is 0.653. The molecule has 0 saturated heterocycles. The number of hydrogen-bond donors (Lipinski definition) is 0. The van der Waals surface area contributed by atoms with Gasteiger partial charge in [-0.15, -0.1) is 0 Å². The zero-order chi connectivity index (χ0) is 64.7. The van der Waals surface area contributed by atoms with Gasteiger partial charge in [-0.3, -0.25) is 0 Å². The van der Waals surface area contributed by atoms with Crippen LogP contribution in [0.2, 0.25) is 0 Å². The number of fused-ring (bicyclic) bond motifs is 20. The molecule has 0 bridgehead atoms. The van der Waals surface area contributed by atoms with Gasteiger partial charge in [0.1, 0.15) is 11.2 Å². The Kier molecular flexibility index (Phi) is 12.2. The third-order valence-corrected chi connectivity index (χ3v) is 20.2. The first-order valence-corrected chi connectivity index (χ1v) is 33.3. The number of furan rings is 2. The van der Waals surface area contributed by atoms with E-state index in [1.165, 1.54) is 82.2 Å². The number of rotatable bonds is 7. The summed E-state index contributed by atoms with van der Waals surface area (Å²) in [6.07, 6.45) is 0. The summed E-state index contributed by atoms with van der Waals surface area (Å²) >= 11 is 0. The molecule has 460 valence electrons. The molecule has 13 aromatic carbocycles. The highest BCUT2D eigenvalue weighted by Crippen LogP contribution is 2.54. The Hall–Kier alpha value is -13.0. The van der Waals surface area contributed by atoms with Gasteiger partial charge < -0.3 is 22.5 Å². The van der Waals surface area contributed by atoms with Crippen LogP contribution in [0.5, 0.6) is 0 Å². The lowest BCUT2D eigenvalue weighted by atomic mass is 9.82. The average molecular weight is 1260 g/mol. The van der Waals surface area contributed by atoms with Crippen LogP contribution in [0.15, 0.2) is 318 Å². The summed E-state index contributed by atoms with van der Waals surface area (Å²) in [6.45, 7) is 4.69. The molecule has 1 aliphatic rings. The van der Waals surface area contributed by atoms with Crippen LogP contribution in [-0.4, -0.2) is 33.6 Å². The molecule has 98 heavy (non-hydrogen) atoms. The molecular formula is C89H57N7O2. The highest BCUT2D eigenvalue weighted by atomic mass is 16.3. The van der Waals surface area contributed by atoms with Gasteiger partial charge in [-0.1, -0.05) is 214 Å². The third kappa shape index (κ3) is 8.32. The number of aromatic nitrogens is 7. The van der Waals surface area contributed by atoms with E-state index >= 15 is 0 Å². The van der Waals surface area contributed by atoms with Gasteiger partial charge in [0.05, 0.1) is 55.3 Å². The Morgan fingerprint density at radius 3 is 1.11 bits per heavy atom. The van der Waals surface area contributed by atoms with Crippen molar-refractivity contribution in [1.82, 2.24) is 33.6 Å². The Morgan fingerprint density at radius 1 is 0.265 bits per heavy atom. The van der Waals surface area contributed by atoms with Crippen LogP contribution >= 0.6 is 0 Å². The predicted octanol–water partition coefficient (Wildman–Crippen LogP) is 23.0. The molecule has 1 aliphatic carbocycles. The standard InChI is InChI=1S/C46H28N4O.C43H29N3O/c1-3-13-29(14-4-1)44-43-35-19-9-12-22-40(35)51-46(43)48-45(47-44)30-23-25-32(26-24-30)50-37-21-11-8-18-34(37)42-39(50)28-27-38-41(42)33-17-7-10-20-36(33)49(38)31-15-5-2-6-16-31;1-43(2)32-17-9-6-14-29(32)37-33(43)24-25-35-38(37)30-15-7-10-18-34(30)46(35)28-22-20-27(21-23-28)41-44-40(26-12-4-3-5-13-26)39-31-16-8-11-19-36(31)47-42(39)45-41/h1-28H;3-25H,1-2H3. The molecule has 0 radical (unpaired) electrons. The highest BCUT2D eigenvalue weighted by Gasteiger charge is 2.37. The van der Waals surface area contributed by atoms with Crippen LogP contribution in [0, 0.1) is 0 Å². The Balaban J connectivity index is 0.000000133. The lowest BCUT2D eigenvalue weighted by Gasteiger charge is -2.21. The molecule has 0 aliphatic heterocycles. The van der Waals surface area contributed by atoms with E-state index in [1.54, 1.807) is 0 Å². The first-order chi connectivity index (χ1) is 48.4. The van der Waals surface area contributed by atoms with Crippen LogP contribution in [0.3, 0.4) is 0 Å². The number of para-hydroxylation sites is 6. The first-order valence-electron chi connectivity index (χ1n) is 33.3. The molecular weight excluding hydrogens is 1200 g/mol. The fourth-order valence-corrected chi connectivity index (χ4v) is 15.8. The zero-order valence-corrected chi connectivity index (χ0v) is 53.4. The largest absolute Gasteiger partial charge is 0.438 e. The van der Waals surface area contributed by atoms with Gasteiger partial charge in [0.25, 0.3) is 0 Å².